The van der Waals surface area contributed by atoms with Crippen molar-refractivity contribution >= 4 is 17.6 Å². The maximum atomic E-state index is 13.0. The van der Waals surface area contributed by atoms with Crippen LogP contribution in [-0.2, 0) is 9.59 Å². The molecule has 1 amide bonds. The maximum absolute atomic E-state index is 13.0. The van der Waals surface area contributed by atoms with Crippen molar-refractivity contribution in [3.8, 4) is 0 Å². The SMILES string of the molecule is CN(CC(=O)Nc1cc(F)cc(F)c1)C(C)(C)C(=O)O. The van der Waals surface area contributed by atoms with E-state index in [2.05, 4.69) is 5.32 Å². The summed E-state index contributed by atoms with van der Waals surface area (Å²) in [6, 6.07) is 2.64. The van der Waals surface area contributed by atoms with Crippen LogP contribution >= 0.6 is 0 Å². The Bertz CT molecular complexity index is 512. The van der Waals surface area contributed by atoms with Crippen molar-refractivity contribution in [1.82, 2.24) is 4.90 Å². The van der Waals surface area contributed by atoms with Gasteiger partial charge in [-0.25, -0.2) is 8.78 Å². The highest BCUT2D eigenvalue weighted by atomic mass is 19.1. The summed E-state index contributed by atoms with van der Waals surface area (Å²) in [5.41, 5.74) is -1.25. The second-order valence-electron chi connectivity index (χ2n) is 4.93. The van der Waals surface area contributed by atoms with E-state index in [9.17, 15) is 18.4 Å². The smallest absolute Gasteiger partial charge is 0.323 e. The van der Waals surface area contributed by atoms with Gasteiger partial charge in [0.05, 0.1) is 6.54 Å². The number of hydrogen-bond acceptors (Lipinski definition) is 3. The lowest BCUT2D eigenvalue weighted by Crippen LogP contribution is -2.50. The first-order valence-corrected chi connectivity index (χ1v) is 5.83. The highest BCUT2D eigenvalue weighted by Crippen LogP contribution is 2.15. The van der Waals surface area contributed by atoms with Gasteiger partial charge < -0.3 is 10.4 Å². The third-order valence-corrected chi connectivity index (χ3v) is 3.00. The number of hydrogen-bond donors (Lipinski definition) is 2. The second kappa shape index (κ2) is 5.96. The number of carboxylic acid groups (broad SMARTS) is 1. The summed E-state index contributed by atoms with van der Waals surface area (Å²) in [4.78, 5) is 24.1. The van der Waals surface area contributed by atoms with Gasteiger partial charge in [0.2, 0.25) is 5.91 Å². The van der Waals surface area contributed by atoms with Crippen molar-refractivity contribution in [3.05, 3.63) is 29.8 Å². The molecule has 0 saturated heterocycles. The van der Waals surface area contributed by atoms with Gasteiger partial charge in [-0.1, -0.05) is 0 Å². The average molecular weight is 286 g/mol. The number of carbonyl (C=O) groups excluding carboxylic acids is 1. The molecule has 0 atom stereocenters. The zero-order valence-electron chi connectivity index (χ0n) is 11.4. The van der Waals surface area contributed by atoms with Crippen LogP contribution in [0.4, 0.5) is 14.5 Å². The standard InChI is InChI=1S/C13H16F2N2O3/c1-13(2,12(19)20)17(3)7-11(18)16-10-5-8(14)4-9(15)6-10/h4-6H,7H2,1-3H3,(H,16,18)(H,19,20). The van der Waals surface area contributed by atoms with Crippen molar-refractivity contribution in [2.75, 3.05) is 18.9 Å². The van der Waals surface area contributed by atoms with Gasteiger partial charge in [-0.15, -0.1) is 0 Å². The molecule has 0 aliphatic rings. The Kier molecular flexibility index (Phi) is 4.78. The molecule has 1 rings (SSSR count). The van der Waals surface area contributed by atoms with Crippen molar-refractivity contribution in [1.29, 1.82) is 0 Å². The molecule has 1 aromatic carbocycles. The number of rotatable bonds is 5. The van der Waals surface area contributed by atoms with Crippen LogP contribution in [0.5, 0.6) is 0 Å². The second-order valence-corrected chi connectivity index (χ2v) is 4.93. The van der Waals surface area contributed by atoms with Gasteiger partial charge in [0.15, 0.2) is 0 Å². The number of aliphatic carboxylic acids is 1. The number of benzene rings is 1. The summed E-state index contributed by atoms with van der Waals surface area (Å²) in [7, 11) is 1.47. The molecule has 0 aliphatic carbocycles. The Morgan fingerprint density at radius 3 is 2.20 bits per heavy atom. The zero-order chi connectivity index (χ0) is 15.5. The minimum Gasteiger partial charge on any atom is -0.480 e. The summed E-state index contributed by atoms with van der Waals surface area (Å²) in [6.07, 6.45) is 0. The lowest BCUT2D eigenvalue weighted by atomic mass is 10.0. The van der Waals surface area contributed by atoms with Crippen LogP contribution in [0, 0.1) is 11.6 Å². The first kappa shape index (κ1) is 16.0. The number of nitrogens with zero attached hydrogens (tertiary/aromatic N) is 1. The lowest BCUT2D eigenvalue weighted by Gasteiger charge is -2.30. The fourth-order valence-electron chi connectivity index (χ4n) is 1.40. The highest BCUT2D eigenvalue weighted by Gasteiger charge is 2.32. The topological polar surface area (TPSA) is 69.6 Å². The van der Waals surface area contributed by atoms with Gasteiger partial charge in [0.25, 0.3) is 0 Å². The summed E-state index contributed by atoms with van der Waals surface area (Å²) < 4.78 is 25.9. The molecule has 0 aromatic heterocycles. The molecule has 0 bridgehead atoms. The van der Waals surface area contributed by atoms with Crippen LogP contribution in [0.15, 0.2) is 18.2 Å². The first-order valence-electron chi connectivity index (χ1n) is 5.83. The van der Waals surface area contributed by atoms with Crippen LogP contribution < -0.4 is 5.32 Å². The Morgan fingerprint density at radius 2 is 1.75 bits per heavy atom. The Balaban J connectivity index is 2.71. The first-order chi connectivity index (χ1) is 9.12. The van der Waals surface area contributed by atoms with Crippen LogP contribution in [-0.4, -0.2) is 41.0 Å². The van der Waals surface area contributed by atoms with Crippen LogP contribution in [0.2, 0.25) is 0 Å². The molecular weight excluding hydrogens is 270 g/mol. The molecule has 1 aromatic rings. The number of halogens is 2. The Labute approximate surface area is 115 Å². The van der Waals surface area contributed by atoms with E-state index in [0.717, 1.165) is 12.1 Å². The van der Waals surface area contributed by atoms with Crippen LogP contribution in [0.1, 0.15) is 13.8 Å². The summed E-state index contributed by atoms with van der Waals surface area (Å²) >= 11 is 0. The number of carbonyl (C=O) groups is 2. The Hall–Kier alpha value is -2.02. The maximum Gasteiger partial charge on any atom is 0.323 e. The molecule has 0 spiro atoms. The van der Waals surface area contributed by atoms with E-state index in [1.54, 1.807) is 0 Å². The summed E-state index contributed by atoms with van der Waals surface area (Å²) in [5.74, 6) is -3.25. The predicted molar refractivity (Wildman–Crippen MR) is 69.3 cm³/mol. The predicted octanol–water partition coefficient (Wildman–Crippen LogP) is 1.70. The molecule has 0 fully saturated rings. The van der Waals surface area contributed by atoms with Gasteiger partial charge in [-0.3, -0.25) is 14.5 Å². The minimum atomic E-state index is -1.23. The molecule has 7 heteroatoms. The van der Waals surface area contributed by atoms with E-state index in [0.29, 0.717) is 6.07 Å². The van der Waals surface area contributed by atoms with E-state index in [1.165, 1.54) is 25.8 Å². The van der Waals surface area contributed by atoms with Gasteiger partial charge >= 0.3 is 5.97 Å². The normalized spacial score (nSPS) is 11.5. The van der Waals surface area contributed by atoms with Crippen LogP contribution in [0.3, 0.4) is 0 Å². The Morgan fingerprint density at radius 1 is 1.25 bits per heavy atom. The van der Waals surface area contributed by atoms with E-state index in [4.69, 9.17) is 5.11 Å². The van der Waals surface area contributed by atoms with Crippen molar-refractivity contribution in [2.45, 2.75) is 19.4 Å². The highest BCUT2D eigenvalue weighted by molar-refractivity contribution is 5.92. The number of anilines is 1. The van der Waals surface area contributed by atoms with Crippen molar-refractivity contribution in [3.63, 3.8) is 0 Å². The third kappa shape index (κ3) is 3.99. The van der Waals surface area contributed by atoms with Crippen molar-refractivity contribution in [2.24, 2.45) is 0 Å². The summed E-state index contributed by atoms with van der Waals surface area (Å²) in [6.45, 7) is 2.67. The average Bonchev–Trinajstić information content (AvgIpc) is 2.26. The molecule has 20 heavy (non-hydrogen) atoms. The quantitative estimate of drug-likeness (QED) is 0.864. The fraction of sp³-hybridized carbons (Fsp3) is 0.385. The van der Waals surface area contributed by atoms with E-state index < -0.39 is 29.0 Å². The summed E-state index contributed by atoms with van der Waals surface area (Å²) in [5, 5.41) is 11.3. The largest absolute Gasteiger partial charge is 0.480 e. The third-order valence-electron chi connectivity index (χ3n) is 3.00. The molecule has 5 nitrogen and oxygen atoms in total. The molecular formula is C13H16F2N2O3. The minimum absolute atomic E-state index is 0.0194. The zero-order valence-corrected chi connectivity index (χ0v) is 11.4. The number of nitrogens with one attached hydrogen (secondary N) is 1. The van der Waals surface area contributed by atoms with E-state index in [1.807, 2.05) is 0 Å². The van der Waals surface area contributed by atoms with Gasteiger partial charge in [0, 0.05) is 11.8 Å². The van der Waals surface area contributed by atoms with E-state index in [-0.39, 0.29) is 12.2 Å². The number of carboxylic acids is 1. The molecule has 0 radical (unpaired) electrons. The van der Waals surface area contributed by atoms with Gasteiger partial charge in [-0.2, -0.15) is 0 Å². The van der Waals surface area contributed by atoms with E-state index >= 15 is 0 Å². The fourth-order valence-corrected chi connectivity index (χ4v) is 1.40. The molecule has 110 valence electrons. The number of likely N-dealkylation sites (N-methyl/N-ethyl adjacent to an activating group) is 1. The lowest BCUT2D eigenvalue weighted by molar-refractivity contribution is -0.148. The van der Waals surface area contributed by atoms with Crippen LogP contribution in [0.25, 0.3) is 0 Å². The molecule has 0 saturated carbocycles. The molecule has 0 aliphatic heterocycles. The monoisotopic (exact) mass is 286 g/mol. The van der Waals surface area contributed by atoms with Crippen molar-refractivity contribution < 1.29 is 23.5 Å². The molecule has 0 unspecified atom stereocenters. The van der Waals surface area contributed by atoms with Gasteiger partial charge in [-0.05, 0) is 33.0 Å². The molecule has 2 N–H and O–H groups in total. The number of amides is 1. The van der Waals surface area contributed by atoms with Gasteiger partial charge in [0.1, 0.15) is 17.2 Å². The molecule has 0 heterocycles.